The summed E-state index contributed by atoms with van der Waals surface area (Å²) in [5, 5.41) is 0. The van der Waals surface area contributed by atoms with Crippen molar-refractivity contribution < 1.29 is 9.59 Å². The van der Waals surface area contributed by atoms with E-state index in [-0.39, 0.29) is 5.91 Å². The summed E-state index contributed by atoms with van der Waals surface area (Å²) in [7, 11) is 3.70. The molecule has 1 heterocycles. The van der Waals surface area contributed by atoms with Crippen LogP contribution in [0.15, 0.2) is 11.8 Å². The van der Waals surface area contributed by atoms with Crippen LogP contribution in [0.5, 0.6) is 0 Å². The monoisotopic (exact) mass is 168 g/mol. The number of nitrogens with zero attached hydrogens (tertiary/aromatic N) is 2. The van der Waals surface area contributed by atoms with E-state index in [4.69, 9.17) is 0 Å². The standard InChI is InChI=1S/C8H12N2O2/c1-9(2)5-7-3-4-10(6-11)8(7)12/h5-6H,3-4H2,1-2H3/b7-5-. The molecule has 0 radical (unpaired) electrons. The van der Waals surface area contributed by atoms with Gasteiger partial charge in [0.1, 0.15) is 0 Å². The molecule has 0 N–H and O–H groups in total. The normalized spacial score (nSPS) is 20.3. The maximum absolute atomic E-state index is 11.3. The van der Waals surface area contributed by atoms with Gasteiger partial charge in [-0.25, -0.2) is 0 Å². The first kappa shape index (κ1) is 8.77. The highest BCUT2D eigenvalue weighted by Gasteiger charge is 2.25. The summed E-state index contributed by atoms with van der Waals surface area (Å²) in [6, 6.07) is 0. The summed E-state index contributed by atoms with van der Waals surface area (Å²) in [6.45, 7) is 0.516. The van der Waals surface area contributed by atoms with Gasteiger partial charge in [0.2, 0.25) is 6.41 Å². The van der Waals surface area contributed by atoms with Gasteiger partial charge >= 0.3 is 0 Å². The minimum Gasteiger partial charge on any atom is -0.383 e. The van der Waals surface area contributed by atoms with Crippen LogP contribution < -0.4 is 0 Å². The lowest BCUT2D eigenvalue weighted by Crippen LogP contribution is -2.23. The number of likely N-dealkylation sites (tertiary alicyclic amines) is 1. The lowest BCUT2D eigenvalue weighted by molar-refractivity contribution is -0.132. The van der Waals surface area contributed by atoms with E-state index in [9.17, 15) is 9.59 Å². The molecule has 0 spiro atoms. The first-order valence-electron chi connectivity index (χ1n) is 3.78. The first-order valence-corrected chi connectivity index (χ1v) is 3.78. The molecule has 0 aromatic carbocycles. The van der Waals surface area contributed by atoms with Gasteiger partial charge < -0.3 is 4.90 Å². The van der Waals surface area contributed by atoms with Gasteiger partial charge in [0, 0.05) is 32.4 Å². The Morgan fingerprint density at radius 1 is 1.50 bits per heavy atom. The van der Waals surface area contributed by atoms with Crippen LogP contribution in [0.4, 0.5) is 0 Å². The van der Waals surface area contributed by atoms with E-state index in [1.165, 1.54) is 4.90 Å². The van der Waals surface area contributed by atoms with Crippen molar-refractivity contribution in [3.05, 3.63) is 11.8 Å². The zero-order valence-electron chi connectivity index (χ0n) is 7.28. The van der Waals surface area contributed by atoms with Crippen LogP contribution in [0.1, 0.15) is 6.42 Å². The fourth-order valence-corrected chi connectivity index (χ4v) is 1.17. The van der Waals surface area contributed by atoms with E-state index in [1.807, 2.05) is 19.0 Å². The van der Waals surface area contributed by atoms with Gasteiger partial charge in [-0.05, 0) is 6.42 Å². The minimum absolute atomic E-state index is 0.168. The predicted molar refractivity (Wildman–Crippen MR) is 44.2 cm³/mol. The zero-order valence-corrected chi connectivity index (χ0v) is 7.28. The number of imide groups is 1. The molecule has 0 aromatic heterocycles. The van der Waals surface area contributed by atoms with Crippen LogP contribution in [0.3, 0.4) is 0 Å². The second kappa shape index (κ2) is 3.38. The maximum Gasteiger partial charge on any atom is 0.257 e. The van der Waals surface area contributed by atoms with Gasteiger partial charge in [-0.3, -0.25) is 14.5 Å². The Balaban J connectivity index is 2.73. The smallest absolute Gasteiger partial charge is 0.257 e. The number of carbonyl (C=O) groups excluding carboxylic acids is 2. The van der Waals surface area contributed by atoms with E-state index >= 15 is 0 Å². The SMILES string of the molecule is CN(C)/C=C1/CCN(C=O)C1=O. The summed E-state index contributed by atoms with van der Waals surface area (Å²) >= 11 is 0. The van der Waals surface area contributed by atoms with E-state index in [0.29, 0.717) is 24.9 Å². The lowest BCUT2D eigenvalue weighted by Gasteiger charge is -2.06. The van der Waals surface area contributed by atoms with Gasteiger partial charge in [-0.2, -0.15) is 0 Å². The summed E-state index contributed by atoms with van der Waals surface area (Å²) < 4.78 is 0. The molecule has 4 nitrogen and oxygen atoms in total. The number of hydrogen-bond acceptors (Lipinski definition) is 3. The third-order valence-electron chi connectivity index (χ3n) is 1.70. The molecule has 66 valence electrons. The second-order valence-corrected chi connectivity index (χ2v) is 2.97. The lowest BCUT2D eigenvalue weighted by atomic mass is 10.2. The molecule has 1 aliphatic heterocycles. The molecule has 0 saturated carbocycles. The molecule has 0 atom stereocenters. The Labute approximate surface area is 71.4 Å². The molecule has 2 amide bonds. The van der Waals surface area contributed by atoms with Gasteiger partial charge in [0.15, 0.2) is 0 Å². The number of carbonyl (C=O) groups is 2. The van der Waals surface area contributed by atoms with Crippen LogP contribution in [0.2, 0.25) is 0 Å². The van der Waals surface area contributed by atoms with E-state index in [2.05, 4.69) is 0 Å². The highest BCUT2D eigenvalue weighted by molar-refractivity contribution is 6.01. The Hall–Kier alpha value is -1.32. The summed E-state index contributed by atoms with van der Waals surface area (Å²) in [6.07, 6.45) is 3.00. The Morgan fingerprint density at radius 3 is 2.58 bits per heavy atom. The van der Waals surface area contributed by atoms with Crippen molar-refractivity contribution in [2.75, 3.05) is 20.6 Å². The average molecular weight is 168 g/mol. The number of rotatable bonds is 2. The van der Waals surface area contributed by atoms with Gasteiger partial charge in [0.05, 0.1) is 0 Å². The Kier molecular flexibility index (Phi) is 2.47. The van der Waals surface area contributed by atoms with Crippen molar-refractivity contribution in [2.45, 2.75) is 6.42 Å². The quantitative estimate of drug-likeness (QED) is 0.424. The first-order chi connectivity index (χ1) is 5.65. The van der Waals surface area contributed by atoms with Crippen molar-refractivity contribution in [1.82, 2.24) is 9.80 Å². The fraction of sp³-hybridized carbons (Fsp3) is 0.500. The second-order valence-electron chi connectivity index (χ2n) is 2.97. The van der Waals surface area contributed by atoms with Crippen molar-refractivity contribution in [1.29, 1.82) is 0 Å². The summed E-state index contributed by atoms with van der Waals surface area (Å²) in [5.74, 6) is -0.168. The van der Waals surface area contributed by atoms with Crippen LogP contribution >= 0.6 is 0 Å². The van der Waals surface area contributed by atoms with Crippen LogP contribution in [0, 0.1) is 0 Å². The highest BCUT2D eigenvalue weighted by Crippen LogP contribution is 2.14. The molecule has 0 aliphatic carbocycles. The van der Waals surface area contributed by atoms with Crippen molar-refractivity contribution in [3.63, 3.8) is 0 Å². The van der Waals surface area contributed by atoms with E-state index < -0.39 is 0 Å². The van der Waals surface area contributed by atoms with E-state index in [0.717, 1.165) is 0 Å². The van der Waals surface area contributed by atoms with Crippen LogP contribution in [0.25, 0.3) is 0 Å². The van der Waals surface area contributed by atoms with E-state index in [1.54, 1.807) is 6.20 Å². The number of hydrogen-bond donors (Lipinski definition) is 0. The average Bonchev–Trinajstić information content (AvgIpc) is 2.32. The number of amides is 2. The maximum atomic E-state index is 11.3. The molecule has 0 aromatic rings. The molecule has 1 fully saturated rings. The largest absolute Gasteiger partial charge is 0.383 e. The topological polar surface area (TPSA) is 40.6 Å². The predicted octanol–water partition coefficient (Wildman–Crippen LogP) is -0.179. The summed E-state index contributed by atoms with van der Waals surface area (Å²) in [4.78, 5) is 24.6. The molecule has 0 unspecified atom stereocenters. The van der Waals surface area contributed by atoms with Crippen molar-refractivity contribution >= 4 is 12.3 Å². The fourth-order valence-electron chi connectivity index (χ4n) is 1.17. The third-order valence-corrected chi connectivity index (χ3v) is 1.70. The Bertz CT molecular complexity index is 233. The summed E-state index contributed by atoms with van der Waals surface area (Å²) in [5.41, 5.74) is 0.701. The minimum atomic E-state index is -0.168. The van der Waals surface area contributed by atoms with Crippen molar-refractivity contribution in [2.24, 2.45) is 0 Å². The zero-order chi connectivity index (χ0) is 9.14. The molecule has 1 saturated heterocycles. The van der Waals surface area contributed by atoms with Crippen molar-refractivity contribution in [3.8, 4) is 0 Å². The van der Waals surface area contributed by atoms with Gasteiger partial charge in [0.25, 0.3) is 5.91 Å². The van der Waals surface area contributed by atoms with Gasteiger partial charge in [-0.1, -0.05) is 0 Å². The molecule has 4 heteroatoms. The molecule has 12 heavy (non-hydrogen) atoms. The molecule has 1 rings (SSSR count). The van der Waals surface area contributed by atoms with Crippen LogP contribution in [-0.4, -0.2) is 42.8 Å². The highest BCUT2D eigenvalue weighted by atomic mass is 16.2. The van der Waals surface area contributed by atoms with Crippen LogP contribution in [-0.2, 0) is 9.59 Å². The Morgan fingerprint density at radius 2 is 2.17 bits per heavy atom. The molecule has 0 bridgehead atoms. The molecule has 1 aliphatic rings. The molecular weight excluding hydrogens is 156 g/mol. The molecular formula is C8H12N2O2. The third kappa shape index (κ3) is 1.64. The van der Waals surface area contributed by atoms with Gasteiger partial charge in [-0.15, -0.1) is 0 Å².